The van der Waals surface area contributed by atoms with E-state index in [2.05, 4.69) is 10.3 Å². The molecule has 2 rings (SSSR count). The van der Waals surface area contributed by atoms with Gasteiger partial charge in [-0.05, 0) is 46.9 Å². The van der Waals surface area contributed by atoms with Crippen LogP contribution in [0.3, 0.4) is 0 Å². The Bertz CT molecular complexity index is 691. The first-order valence-corrected chi connectivity index (χ1v) is 6.88. The highest BCUT2D eigenvalue weighted by molar-refractivity contribution is 14.1. The molecule has 0 fully saturated rings. The molecule has 5 nitrogen and oxygen atoms in total. The highest BCUT2D eigenvalue weighted by Crippen LogP contribution is 2.21. The summed E-state index contributed by atoms with van der Waals surface area (Å²) in [4.78, 5) is 27.0. The average molecular weight is 403 g/mol. The molecule has 0 saturated carbocycles. The van der Waals surface area contributed by atoms with Crippen molar-refractivity contribution >= 4 is 51.8 Å². The Morgan fingerprint density at radius 2 is 2.00 bits per heavy atom. The Morgan fingerprint density at radius 1 is 1.25 bits per heavy atom. The van der Waals surface area contributed by atoms with Crippen LogP contribution in [-0.2, 0) is 0 Å². The number of carbonyl (C=O) groups is 2. The fourth-order valence-electron chi connectivity index (χ4n) is 1.54. The first kappa shape index (κ1) is 14.7. The third kappa shape index (κ3) is 3.26. The molecule has 2 N–H and O–H groups in total. The summed E-state index contributed by atoms with van der Waals surface area (Å²) in [5.41, 5.74) is 0.414. The van der Waals surface area contributed by atoms with E-state index in [9.17, 15) is 9.59 Å². The molecule has 7 heteroatoms. The SMILES string of the molecule is O=C(Nc1ccc(I)cc1C(=O)O)c1cnccc1Cl. The molecule has 0 spiro atoms. The quantitative estimate of drug-likeness (QED) is 0.772. The second-order valence-corrected chi connectivity index (χ2v) is 5.46. The van der Waals surface area contributed by atoms with Gasteiger partial charge in [-0.2, -0.15) is 0 Å². The summed E-state index contributed by atoms with van der Waals surface area (Å²) in [6.45, 7) is 0. The Morgan fingerprint density at radius 3 is 2.65 bits per heavy atom. The molecular weight excluding hydrogens is 395 g/mol. The normalized spacial score (nSPS) is 10.1. The lowest BCUT2D eigenvalue weighted by Crippen LogP contribution is -2.15. The van der Waals surface area contributed by atoms with Crippen molar-refractivity contribution in [2.75, 3.05) is 5.32 Å². The number of aromatic nitrogens is 1. The molecule has 0 aliphatic heterocycles. The van der Waals surface area contributed by atoms with E-state index in [1.165, 1.54) is 30.6 Å². The largest absolute Gasteiger partial charge is 0.478 e. The molecule has 0 aliphatic rings. The fourth-order valence-corrected chi connectivity index (χ4v) is 2.22. The maximum Gasteiger partial charge on any atom is 0.337 e. The standard InChI is InChI=1S/C13H8ClIN2O3/c14-10-3-4-16-6-9(10)12(18)17-11-2-1-7(15)5-8(11)13(19)20/h1-6H,(H,17,18)(H,19,20). The van der Waals surface area contributed by atoms with Gasteiger partial charge in [-0.25, -0.2) is 4.79 Å². The topological polar surface area (TPSA) is 79.3 Å². The highest BCUT2D eigenvalue weighted by Gasteiger charge is 2.15. The number of benzene rings is 1. The van der Waals surface area contributed by atoms with Gasteiger partial charge in [-0.15, -0.1) is 0 Å². The number of carboxylic acid groups (broad SMARTS) is 1. The van der Waals surface area contributed by atoms with Crippen LogP contribution in [0, 0.1) is 3.57 Å². The molecule has 0 radical (unpaired) electrons. The third-order valence-corrected chi connectivity index (χ3v) is 3.47. The number of carbonyl (C=O) groups excluding carboxylic acids is 1. The van der Waals surface area contributed by atoms with Gasteiger partial charge in [-0.3, -0.25) is 9.78 Å². The Balaban J connectivity index is 2.33. The number of amides is 1. The second kappa shape index (κ2) is 6.19. The zero-order valence-electron chi connectivity index (χ0n) is 9.93. The van der Waals surface area contributed by atoms with E-state index in [0.717, 1.165) is 3.57 Å². The summed E-state index contributed by atoms with van der Waals surface area (Å²) in [6.07, 6.45) is 2.79. The Hall–Kier alpha value is -1.67. The number of carboxylic acids is 1. The zero-order chi connectivity index (χ0) is 14.7. The Kier molecular flexibility index (Phi) is 4.56. The van der Waals surface area contributed by atoms with E-state index in [-0.39, 0.29) is 21.8 Å². The second-order valence-electron chi connectivity index (χ2n) is 3.80. The molecule has 0 unspecified atom stereocenters. The maximum absolute atomic E-state index is 12.1. The lowest BCUT2D eigenvalue weighted by Gasteiger charge is -2.09. The number of pyridine rings is 1. The van der Waals surface area contributed by atoms with Crippen molar-refractivity contribution in [1.82, 2.24) is 4.98 Å². The first-order valence-electron chi connectivity index (χ1n) is 5.42. The molecule has 0 bridgehead atoms. The molecule has 0 aliphatic carbocycles. The zero-order valence-corrected chi connectivity index (χ0v) is 12.8. The van der Waals surface area contributed by atoms with E-state index >= 15 is 0 Å². The minimum atomic E-state index is -1.11. The minimum Gasteiger partial charge on any atom is -0.478 e. The van der Waals surface area contributed by atoms with Crippen LogP contribution in [0.5, 0.6) is 0 Å². The van der Waals surface area contributed by atoms with Crippen LogP contribution < -0.4 is 5.32 Å². The van der Waals surface area contributed by atoms with E-state index in [1.807, 2.05) is 22.6 Å². The number of hydrogen-bond acceptors (Lipinski definition) is 3. The van der Waals surface area contributed by atoms with Crippen molar-refractivity contribution in [2.24, 2.45) is 0 Å². The molecule has 0 atom stereocenters. The van der Waals surface area contributed by atoms with Crippen LogP contribution in [0.15, 0.2) is 36.7 Å². The molecule has 20 heavy (non-hydrogen) atoms. The van der Waals surface area contributed by atoms with E-state index < -0.39 is 11.9 Å². The Labute approximate surface area is 133 Å². The molecule has 0 saturated heterocycles. The number of aromatic carboxylic acids is 1. The number of nitrogens with one attached hydrogen (secondary N) is 1. The van der Waals surface area contributed by atoms with Crippen molar-refractivity contribution in [1.29, 1.82) is 0 Å². The van der Waals surface area contributed by atoms with Crippen LogP contribution in [0.2, 0.25) is 5.02 Å². The number of anilines is 1. The van der Waals surface area contributed by atoms with Crippen molar-refractivity contribution in [3.05, 3.63) is 56.4 Å². The lowest BCUT2D eigenvalue weighted by molar-refractivity contribution is 0.0698. The third-order valence-electron chi connectivity index (χ3n) is 2.47. The summed E-state index contributed by atoms with van der Waals surface area (Å²) in [5.74, 6) is -1.62. The number of nitrogens with zero attached hydrogens (tertiary/aromatic N) is 1. The van der Waals surface area contributed by atoms with Gasteiger partial charge >= 0.3 is 5.97 Å². The van der Waals surface area contributed by atoms with E-state index in [0.29, 0.717) is 0 Å². The number of halogens is 2. The van der Waals surface area contributed by atoms with Gasteiger partial charge < -0.3 is 10.4 Å². The van der Waals surface area contributed by atoms with Crippen molar-refractivity contribution in [2.45, 2.75) is 0 Å². The van der Waals surface area contributed by atoms with Gasteiger partial charge in [-0.1, -0.05) is 11.6 Å². The number of rotatable bonds is 3. The van der Waals surface area contributed by atoms with E-state index in [1.54, 1.807) is 6.07 Å². The predicted octanol–water partition coefficient (Wildman–Crippen LogP) is 3.29. The highest BCUT2D eigenvalue weighted by atomic mass is 127. The molecule has 2 aromatic rings. The number of hydrogen-bond donors (Lipinski definition) is 2. The fraction of sp³-hybridized carbons (Fsp3) is 0. The molecule has 1 aromatic heterocycles. The monoisotopic (exact) mass is 402 g/mol. The van der Waals surface area contributed by atoms with Crippen molar-refractivity contribution < 1.29 is 14.7 Å². The van der Waals surface area contributed by atoms with Gasteiger partial charge in [0.1, 0.15) is 0 Å². The summed E-state index contributed by atoms with van der Waals surface area (Å²) in [6, 6.07) is 6.20. The summed E-state index contributed by atoms with van der Waals surface area (Å²) in [5, 5.41) is 11.9. The first-order chi connectivity index (χ1) is 9.49. The minimum absolute atomic E-state index is 0.0188. The summed E-state index contributed by atoms with van der Waals surface area (Å²) in [7, 11) is 0. The molecular formula is C13H8ClIN2O3. The van der Waals surface area contributed by atoms with Gasteiger partial charge in [0.2, 0.25) is 0 Å². The van der Waals surface area contributed by atoms with Gasteiger partial charge in [0, 0.05) is 16.0 Å². The molecule has 102 valence electrons. The van der Waals surface area contributed by atoms with Crippen LogP contribution in [0.1, 0.15) is 20.7 Å². The van der Waals surface area contributed by atoms with Crippen LogP contribution in [0.4, 0.5) is 5.69 Å². The van der Waals surface area contributed by atoms with Crippen LogP contribution in [-0.4, -0.2) is 22.0 Å². The van der Waals surface area contributed by atoms with Gasteiger partial charge in [0.15, 0.2) is 0 Å². The van der Waals surface area contributed by atoms with Crippen molar-refractivity contribution in [3.8, 4) is 0 Å². The smallest absolute Gasteiger partial charge is 0.337 e. The summed E-state index contributed by atoms with van der Waals surface area (Å²) >= 11 is 7.89. The van der Waals surface area contributed by atoms with Crippen molar-refractivity contribution in [3.63, 3.8) is 0 Å². The lowest BCUT2D eigenvalue weighted by atomic mass is 10.1. The van der Waals surface area contributed by atoms with Gasteiger partial charge in [0.05, 0.1) is 21.8 Å². The molecule has 1 aromatic carbocycles. The van der Waals surface area contributed by atoms with Crippen LogP contribution in [0.25, 0.3) is 0 Å². The molecule has 1 amide bonds. The van der Waals surface area contributed by atoms with Crippen LogP contribution >= 0.6 is 34.2 Å². The van der Waals surface area contributed by atoms with E-state index in [4.69, 9.17) is 16.7 Å². The summed E-state index contributed by atoms with van der Waals surface area (Å²) < 4.78 is 0.761. The predicted molar refractivity (Wildman–Crippen MR) is 83.3 cm³/mol. The molecule has 1 heterocycles. The van der Waals surface area contributed by atoms with Gasteiger partial charge in [0.25, 0.3) is 5.91 Å². The maximum atomic E-state index is 12.1. The average Bonchev–Trinajstić information content (AvgIpc) is 2.41.